The molecule has 0 N–H and O–H groups in total. The minimum Gasteiger partial charge on any atom is -0.258 e. The number of aryl methyl sites for hydroxylation is 1. The number of hydrogen-bond donors (Lipinski definition) is 0. The van der Waals surface area contributed by atoms with Gasteiger partial charge in [0.05, 0.1) is 9.82 Å². The molecule has 1 atom stereocenters. The fourth-order valence-electron chi connectivity index (χ4n) is 1.16. The van der Waals surface area contributed by atoms with E-state index in [2.05, 4.69) is 0 Å². The molecule has 0 aromatic heterocycles. The molecule has 0 radical (unpaired) electrons. The summed E-state index contributed by atoms with van der Waals surface area (Å²) in [6.07, 6.45) is 0. The van der Waals surface area contributed by atoms with E-state index in [4.69, 9.17) is 11.6 Å². The maximum Gasteiger partial charge on any atom is 0.282 e. The van der Waals surface area contributed by atoms with E-state index < -0.39 is 0 Å². The molecule has 0 spiro atoms. The molecule has 88 valence electrons. The highest BCUT2D eigenvalue weighted by Gasteiger charge is 2.14. The molecule has 1 unspecified atom stereocenters. The molecule has 0 aliphatic heterocycles. The third kappa shape index (κ3) is 3.68. The number of nitro benzene ring substituents is 1. The molecule has 3 nitrogen and oxygen atoms in total. The highest BCUT2D eigenvalue weighted by atomic mass is 35.5. The van der Waals surface area contributed by atoms with E-state index in [9.17, 15) is 10.1 Å². The summed E-state index contributed by atoms with van der Waals surface area (Å²) in [4.78, 5) is 11.2. The van der Waals surface area contributed by atoms with E-state index in [1.54, 1.807) is 12.1 Å². The van der Waals surface area contributed by atoms with Crippen molar-refractivity contribution in [3.8, 4) is 0 Å². The average molecular weight is 260 g/mol. The second-order valence-corrected chi connectivity index (χ2v) is 5.17. The smallest absolute Gasteiger partial charge is 0.258 e. The summed E-state index contributed by atoms with van der Waals surface area (Å²) in [5, 5.41) is 10.8. The van der Waals surface area contributed by atoms with Crippen LogP contribution in [0.3, 0.4) is 0 Å². The van der Waals surface area contributed by atoms with Crippen molar-refractivity contribution < 1.29 is 4.92 Å². The van der Waals surface area contributed by atoms with Crippen LogP contribution in [-0.4, -0.2) is 16.6 Å². The van der Waals surface area contributed by atoms with Gasteiger partial charge in [-0.15, -0.1) is 23.4 Å². The maximum atomic E-state index is 10.8. The summed E-state index contributed by atoms with van der Waals surface area (Å²) in [6, 6.07) is 5.17. The van der Waals surface area contributed by atoms with Crippen LogP contribution in [0.4, 0.5) is 5.69 Å². The fraction of sp³-hybridized carbons (Fsp3) is 0.455. The summed E-state index contributed by atoms with van der Waals surface area (Å²) in [5.41, 5.74) is 1.21. The summed E-state index contributed by atoms with van der Waals surface area (Å²) < 4.78 is 0. The van der Waals surface area contributed by atoms with Crippen molar-refractivity contribution in [2.45, 2.75) is 18.7 Å². The molecule has 0 bridgehead atoms. The van der Waals surface area contributed by atoms with E-state index in [1.807, 2.05) is 19.9 Å². The molecule has 0 aliphatic carbocycles. The van der Waals surface area contributed by atoms with Crippen molar-refractivity contribution in [1.82, 2.24) is 0 Å². The van der Waals surface area contributed by atoms with Crippen molar-refractivity contribution >= 4 is 29.1 Å². The van der Waals surface area contributed by atoms with Crippen LogP contribution in [0.2, 0.25) is 0 Å². The van der Waals surface area contributed by atoms with Gasteiger partial charge in [0, 0.05) is 17.7 Å². The Hall–Kier alpha value is -0.740. The first-order chi connectivity index (χ1) is 7.54. The quantitative estimate of drug-likeness (QED) is 0.349. The number of thioether (sulfide) groups is 1. The van der Waals surface area contributed by atoms with E-state index >= 15 is 0 Å². The summed E-state index contributed by atoms with van der Waals surface area (Å²) >= 11 is 7.20. The molecule has 0 aliphatic rings. The Bertz CT molecular complexity index is 384. The first-order valence-electron chi connectivity index (χ1n) is 4.98. The molecule has 0 saturated carbocycles. The Morgan fingerprint density at radius 3 is 2.81 bits per heavy atom. The number of nitrogens with zero attached hydrogens (tertiary/aromatic N) is 1. The predicted octanol–water partition coefficient (Wildman–Crippen LogP) is 3.87. The van der Waals surface area contributed by atoms with Crippen molar-refractivity contribution in [3.05, 3.63) is 33.9 Å². The first kappa shape index (κ1) is 13.3. The minimum absolute atomic E-state index is 0.178. The number of hydrogen-bond acceptors (Lipinski definition) is 3. The van der Waals surface area contributed by atoms with E-state index in [0.717, 1.165) is 16.2 Å². The Morgan fingerprint density at radius 1 is 1.56 bits per heavy atom. The van der Waals surface area contributed by atoms with Crippen LogP contribution in [0.25, 0.3) is 0 Å². The third-order valence-electron chi connectivity index (χ3n) is 2.10. The predicted molar refractivity (Wildman–Crippen MR) is 68.4 cm³/mol. The number of benzene rings is 1. The lowest BCUT2D eigenvalue weighted by atomic mass is 10.2. The topological polar surface area (TPSA) is 43.1 Å². The van der Waals surface area contributed by atoms with Gasteiger partial charge in [-0.25, -0.2) is 0 Å². The summed E-state index contributed by atoms with van der Waals surface area (Å²) in [7, 11) is 0. The van der Waals surface area contributed by atoms with Crippen molar-refractivity contribution in [3.63, 3.8) is 0 Å². The summed E-state index contributed by atoms with van der Waals surface area (Å²) in [6.45, 7) is 3.96. The van der Waals surface area contributed by atoms with Gasteiger partial charge in [-0.3, -0.25) is 10.1 Å². The maximum absolute atomic E-state index is 10.8. The van der Waals surface area contributed by atoms with Gasteiger partial charge in [0.25, 0.3) is 5.69 Å². The zero-order valence-corrected chi connectivity index (χ0v) is 10.8. The number of alkyl halides is 1. The van der Waals surface area contributed by atoms with Gasteiger partial charge in [-0.05, 0) is 24.5 Å². The molecule has 16 heavy (non-hydrogen) atoms. The average Bonchev–Trinajstić information content (AvgIpc) is 2.25. The van der Waals surface area contributed by atoms with Gasteiger partial charge in [0.1, 0.15) is 0 Å². The lowest BCUT2D eigenvalue weighted by molar-refractivity contribution is -0.387. The molecule has 5 heteroatoms. The number of rotatable bonds is 5. The van der Waals surface area contributed by atoms with Gasteiger partial charge in [-0.1, -0.05) is 13.0 Å². The Morgan fingerprint density at radius 2 is 2.25 bits per heavy atom. The lowest BCUT2D eigenvalue weighted by Crippen LogP contribution is -2.00. The van der Waals surface area contributed by atoms with Crippen LogP contribution < -0.4 is 0 Å². The highest BCUT2D eigenvalue weighted by Crippen LogP contribution is 2.31. The van der Waals surface area contributed by atoms with Gasteiger partial charge in [-0.2, -0.15) is 0 Å². The molecule has 1 aromatic carbocycles. The van der Waals surface area contributed by atoms with Crippen molar-refractivity contribution in [1.29, 1.82) is 0 Å². The van der Waals surface area contributed by atoms with E-state index in [1.165, 1.54) is 11.8 Å². The SMILES string of the molecule is Cc1ccc([N+](=O)[O-])c(SCC(C)CCl)c1. The molecule has 0 saturated heterocycles. The number of halogens is 1. The molecule has 1 aromatic rings. The van der Waals surface area contributed by atoms with Crippen LogP contribution in [-0.2, 0) is 0 Å². The zero-order valence-electron chi connectivity index (χ0n) is 9.27. The molecule has 0 heterocycles. The lowest BCUT2D eigenvalue weighted by Gasteiger charge is -2.07. The van der Waals surface area contributed by atoms with Crippen LogP contribution in [0.1, 0.15) is 12.5 Å². The van der Waals surface area contributed by atoms with Crippen LogP contribution in [0.15, 0.2) is 23.1 Å². The molecule has 1 rings (SSSR count). The molecule has 0 fully saturated rings. The largest absolute Gasteiger partial charge is 0.282 e. The molecular formula is C11H14ClNO2S. The van der Waals surface area contributed by atoms with E-state index in [0.29, 0.717) is 11.8 Å². The third-order valence-corrected chi connectivity index (χ3v) is 4.00. The van der Waals surface area contributed by atoms with Crippen LogP contribution >= 0.6 is 23.4 Å². The second-order valence-electron chi connectivity index (χ2n) is 3.80. The van der Waals surface area contributed by atoms with Crippen molar-refractivity contribution in [2.75, 3.05) is 11.6 Å². The summed E-state index contributed by atoms with van der Waals surface area (Å²) in [5.74, 6) is 1.73. The zero-order chi connectivity index (χ0) is 12.1. The Kier molecular flexibility index (Phi) is 5.09. The first-order valence-corrected chi connectivity index (χ1v) is 6.50. The fourth-order valence-corrected chi connectivity index (χ4v) is 2.54. The normalized spacial score (nSPS) is 12.4. The highest BCUT2D eigenvalue weighted by molar-refractivity contribution is 7.99. The Balaban J connectivity index is 2.84. The molecule has 0 amide bonds. The van der Waals surface area contributed by atoms with Gasteiger partial charge in [0.15, 0.2) is 0 Å². The van der Waals surface area contributed by atoms with Crippen molar-refractivity contribution in [2.24, 2.45) is 5.92 Å². The standard InChI is InChI=1S/C11H14ClNO2S/c1-8-3-4-10(13(14)15)11(5-8)16-7-9(2)6-12/h3-5,9H,6-7H2,1-2H3. The van der Waals surface area contributed by atoms with Gasteiger partial charge >= 0.3 is 0 Å². The van der Waals surface area contributed by atoms with Crippen LogP contribution in [0.5, 0.6) is 0 Å². The second kappa shape index (κ2) is 6.11. The van der Waals surface area contributed by atoms with Crippen LogP contribution in [0, 0.1) is 23.0 Å². The Labute approximate surface area is 104 Å². The monoisotopic (exact) mass is 259 g/mol. The van der Waals surface area contributed by atoms with Gasteiger partial charge in [0.2, 0.25) is 0 Å². The van der Waals surface area contributed by atoms with E-state index in [-0.39, 0.29) is 10.6 Å². The molecular weight excluding hydrogens is 246 g/mol. The van der Waals surface area contributed by atoms with Gasteiger partial charge < -0.3 is 0 Å². The minimum atomic E-state index is -0.340. The number of nitro groups is 1.